The predicted molar refractivity (Wildman–Crippen MR) is 99.1 cm³/mol. The van der Waals surface area contributed by atoms with Gasteiger partial charge in [-0.2, -0.15) is 0 Å². The quantitative estimate of drug-likeness (QED) is 0.613. The number of aromatic amines is 1. The van der Waals surface area contributed by atoms with Crippen LogP contribution < -0.4 is 0 Å². The third-order valence-corrected chi connectivity index (χ3v) is 5.85. The number of amides is 1. The Balaban J connectivity index is 1.47. The average molecular weight is 387 g/mol. The number of benzene rings is 1. The number of aromatic nitrogens is 1. The fraction of sp³-hybridized carbons (Fsp3) is 0.474. The van der Waals surface area contributed by atoms with Gasteiger partial charge in [-0.05, 0) is 31.2 Å². The van der Waals surface area contributed by atoms with Crippen LogP contribution in [0.15, 0.2) is 24.4 Å². The molecule has 2 aliphatic heterocycles. The second kappa shape index (κ2) is 7.23. The number of carbonyl (C=O) groups is 2. The molecule has 3 heterocycles. The summed E-state index contributed by atoms with van der Waals surface area (Å²) in [5, 5.41) is 20.9. The number of nitro groups is 1. The molecule has 1 unspecified atom stereocenters. The molecule has 0 aliphatic carbocycles. The van der Waals surface area contributed by atoms with Gasteiger partial charge in [0.1, 0.15) is 0 Å². The predicted octanol–water partition coefficient (Wildman–Crippen LogP) is 2.42. The first-order chi connectivity index (χ1) is 13.5. The van der Waals surface area contributed by atoms with Crippen LogP contribution in [0.5, 0.6) is 0 Å². The molecule has 0 saturated carbocycles. The van der Waals surface area contributed by atoms with Gasteiger partial charge in [-0.15, -0.1) is 0 Å². The van der Waals surface area contributed by atoms with Crippen molar-refractivity contribution >= 4 is 28.5 Å². The number of ether oxygens (including phenoxy) is 1. The number of piperidine rings is 1. The van der Waals surface area contributed by atoms with E-state index in [0.717, 1.165) is 0 Å². The number of likely N-dealkylation sites (tertiary alicyclic amines) is 1. The molecule has 2 atom stereocenters. The molecule has 2 aromatic rings. The van der Waals surface area contributed by atoms with Crippen molar-refractivity contribution < 1.29 is 24.4 Å². The molecule has 0 radical (unpaired) electrons. The number of hydrogen-bond acceptors (Lipinski definition) is 5. The maximum absolute atomic E-state index is 13.0. The topological polar surface area (TPSA) is 126 Å². The lowest BCUT2D eigenvalue weighted by molar-refractivity contribution is -0.384. The molecule has 9 heteroatoms. The number of nitro benzene ring substituents is 1. The van der Waals surface area contributed by atoms with Crippen LogP contribution in [0.2, 0.25) is 0 Å². The highest BCUT2D eigenvalue weighted by atomic mass is 16.6. The van der Waals surface area contributed by atoms with E-state index in [-0.39, 0.29) is 23.6 Å². The van der Waals surface area contributed by atoms with Crippen LogP contribution in [-0.2, 0) is 9.53 Å². The van der Waals surface area contributed by atoms with Crippen LogP contribution in [0.4, 0.5) is 5.69 Å². The van der Waals surface area contributed by atoms with Gasteiger partial charge < -0.3 is 19.7 Å². The molecule has 1 aromatic carbocycles. The second-order valence-electron chi connectivity index (χ2n) is 7.39. The van der Waals surface area contributed by atoms with E-state index >= 15 is 0 Å². The van der Waals surface area contributed by atoms with Crippen LogP contribution in [0, 0.1) is 22.0 Å². The highest BCUT2D eigenvalue weighted by Crippen LogP contribution is 2.34. The molecular formula is C19H21N3O6. The van der Waals surface area contributed by atoms with Crippen molar-refractivity contribution in [1.29, 1.82) is 0 Å². The number of nitrogens with one attached hydrogen (secondary N) is 1. The Bertz CT molecular complexity index is 931. The Kier molecular flexibility index (Phi) is 4.76. The monoisotopic (exact) mass is 387 g/mol. The standard InChI is InChI=1S/C19H21N3O6/c23-18(15-10-20-16-2-1-12(22(26)27)9-14(15)16)21-6-3-11(4-7-21)17-13(19(24)25)5-8-28-17/h1-2,9-11,13,17,20H,3-8H2,(H,24,25)/t13?,17-/m0/s1. The summed E-state index contributed by atoms with van der Waals surface area (Å²) in [6, 6.07) is 4.41. The Morgan fingerprint density at radius 3 is 2.68 bits per heavy atom. The average Bonchev–Trinajstić information content (AvgIpc) is 3.34. The van der Waals surface area contributed by atoms with Gasteiger partial charge >= 0.3 is 5.97 Å². The van der Waals surface area contributed by atoms with Crippen LogP contribution >= 0.6 is 0 Å². The molecule has 148 valence electrons. The third-order valence-electron chi connectivity index (χ3n) is 5.85. The number of carbonyl (C=O) groups excluding carboxylic acids is 1. The first-order valence-corrected chi connectivity index (χ1v) is 9.35. The van der Waals surface area contributed by atoms with Crippen molar-refractivity contribution in [3.63, 3.8) is 0 Å². The van der Waals surface area contributed by atoms with Crippen molar-refractivity contribution in [2.75, 3.05) is 19.7 Å². The molecule has 2 fully saturated rings. The number of rotatable bonds is 4. The largest absolute Gasteiger partial charge is 0.481 e. The fourth-order valence-corrected chi connectivity index (χ4v) is 4.34. The minimum Gasteiger partial charge on any atom is -0.481 e. The van der Waals surface area contributed by atoms with E-state index in [9.17, 15) is 24.8 Å². The van der Waals surface area contributed by atoms with Gasteiger partial charge in [-0.1, -0.05) is 0 Å². The number of carboxylic acids is 1. The van der Waals surface area contributed by atoms with E-state index in [1.54, 1.807) is 17.2 Å². The zero-order valence-corrected chi connectivity index (χ0v) is 15.2. The summed E-state index contributed by atoms with van der Waals surface area (Å²) in [5.41, 5.74) is 1.03. The highest BCUT2D eigenvalue weighted by Gasteiger charge is 2.41. The first-order valence-electron chi connectivity index (χ1n) is 9.35. The summed E-state index contributed by atoms with van der Waals surface area (Å²) in [6.45, 7) is 1.49. The van der Waals surface area contributed by atoms with E-state index in [1.807, 2.05) is 0 Å². The number of aliphatic carboxylic acids is 1. The van der Waals surface area contributed by atoms with Crippen molar-refractivity contribution in [2.24, 2.45) is 11.8 Å². The summed E-state index contributed by atoms with van der Waals surface area (Å²) < 4.78 is 5.67. The van der Waals surface area contributed by atoms with Crippen LogP contribution in [0.3, 0.4) is 0 Å². The minimum absolute atomic E-state index is 0.0575. The lowest BCUT2D eigenvalue weighted by Crippen LogP contribution is -2.43. The number of H-pyrrole nitrogens is 1. The Hall–Kier alpha value is -2.94. The summed E-state index contributed by atoms with van der Waals surface area (Å²) >= 11 is 0. The number of hydrogen-bond donors (Lipinski definition) is 2. The molecule has 0 spiro atoms. The molecule has 28 heavy (non-hydrogen) atoms. The molecule has 2 saturated heterocycles. The van der Waals surface area contributed by atoms with Gasteiger partial charge in [0.15, 0.2) is 0 Å². The molecule has 0 bridgehead atoms. The van der Waals surface area contributed by atoms with Gasteiger partial charge in [0.2, 0.25) is 0 Å². The molecular weight excluding hydrogens is 366 g/mol. The van der Waals surface area contributed by atoms with Crippen molar-refractivity contribution in [2.45, 2.75) is 25.4 Å². The molecule has 4 rings (SSSR count). The zero-order valence-electron chi connectivity index (χ0n) is 15.2. The lowest BCUT2D eigenvalue weighted by atomic mass is 9.84. The van der Waals surface area contributed by atoms with Crippen molar-refractivity contribution in [3.8, 4) is 0 Å². The molecule has 9 nitrogen and oxygen atoms in total. The Morgan fingerprint density at radius 1 is 1.25 bits per heavy atom. The van der Waals surface area contributed by atoms with Gasteiger partial charge in [0.25, 0.3) is 11.6 Å². The van der Waals surface area contributed by atoms with E-state index < -0.39 is 16.8 Å². The summed E-state index contributed by atoms with van der Waals surface area (Å²) in [6.07, 6.45) is 3.20. The number of non-ortho nitro benzene ring substituents is 1. The summed E-state index contributed by atoms with van der Waals surface area (Å²) in [4.78, 5) is 39.6. The van der Waals surface area contributed by atoms with Crippen LogP contribution in [0.25, 0.3) is 10.9 Å². The van der Waals surface area contributed by atoms with Crippen molar-refractivity contribution in [1.82, 2.24) is 9.88 Å². The summed E-state index contributed by atoms with van der Waals surface area (Å²) in [5.74, 6) is -1.34. The number of carboxylic acid groups (broad SMARTS) is 1. The second-order valence-corrected chi connectivity index (χ2v) is 7.39. The molecule has 2 aliphatic rings. The Morgan fingerprint density at radius 2 is 2.00 bits per heavy atom. The number of fused-ring (bicyclic) bond motifs is 1. The van der Waals surface area contributed by atoms with Crippen molar-refractivity contribution in [3.05, 3.63) is 40.1 Å². The van der Waals surface area contributed by atoms with Crippen LogP contribution in [-0.4, -0.2) is 57.6 Å². The highest BCUT2D eigenvalue weighted by molar-refractivity contribution is 6.07. The van der Waals surface area contributed by atoms with Gasteiger partial charge in [0, 0.05) is 48.9 Å². The van der Waals surface area contributed by atoms with Crippen LogP contribution in [0.1, 0.15) is 29.6 Å². The molecule has 1 amide bonds. The van der Waals surface area contributed by atoms with E-state index in [4.69, 9.17) is 4.74 Å². The minimum atomic E-state index is -0.818. The van der Waals surface area contributed by atoms with Gasteiger partial charge in [-0.25, -0.2) is 0 Å². The zero-order chi connectivity index (χ0) is 19.8. The smallest absolute Gasteiger partial charge is 0.309 e. The van der Waals surface area contributed by atoms with Gasteiger partial charge in [0.05, 0.1) is 22.5 Å². The van der Waals surface area contributed by atoms with E-state index in [1.165, 1.54) is 12.1 Å². The normalized spacial score (nSPS) is 23.2. The summed E-state index contributed by atoms with van der Waals surface area (Å²) in [7, 11) is 0. The Labute approximate surface area is 160 Å². The lowest BCUT2D eigenvalue weighted by Gasteiger charge is -2.35. The maximum Gasteiger partial charge on any atom is 0.309 e. The van der Waals surface area contributed by atoms with E-state index in [0.29, 0.717) is 55.4 Å². The molecule has 1 aromatic heterocycles. The number of nitrogens with zero attached hydrogens (tertiary/aromatic N) is 2. The first kappa shape index (κ1) is 18.4. The maximum atomic E-state index is 13.0. The fourth-order valence-electron chi connectivity index (χ4n) is 4.34. The third kappa shape index (κ3) is 3.22. The molecule has 2 N–H and O–H groups in total. The van der Waals surface area contributed by atoms with E-state index in [2.05, 4.69) is 4.98 Å². The SMILES string of the molecule is O=C(O)C1CCO[C@H]1C1CCN(C(=O)c2c[nH]c3ccc([N+](=O)[O-])cc23)CC1. The van der Waals surface area contributed by atoms with Gasteiger partial charge in [-0.3, -0.25) is 19.7 Å².